The lowest BCUT2D eigenvalue weighted by molar-refractivity contribution is -0.145. The molecular weight excluding hydrogens is 702 g/mol. The molecule has 0 unspecified atom stereocenters. The fourth-order valence-electron chi connectivity index (χ4n) is 5.94. The van der Waals surface area contributed by atoms with Gasteiger partial charge >= 0.3 is 5.97 Å². The zero-order valence-electron chi connectivity index (χ0n) is 26.6. The number of aliphatic imine (C=N–C) groups is 1. The molecule has 2 aliphatic rings. The monoisotopic (exact) mass is 735 g/mol. The van der Waals surface area contributed by atoms with Crippen LogP contribution in [0.5, 0.6) is 17.6 Å². The maximum Gasteiger partial charge on any atom is 0.326 e. The Balaban J connectivity index is 1.27. The predicted octanol–water partition coefficient (Wildman–Crippen LogP) is 5.59. The molecule has 0 saturated carbocycles. The lowest BCUT2D eigenvalue weighted by Crippen LogP contribution is -2.52. The number of carboxylic acid groups (broad SMARTS) is 1. The van der Waals surface area contributed by atoms with Gasteiger partial charge in [-0.2, -0.15) is 4.98 Å². The van der Waals surface area contributed by atoms with Gasteiger partial charge in [-0.25, -0.2) is 4.98 Å². The zero-order valence-corrected chi connectivity index (χ0v) is 29.0. The van der Waals surface area contributed by atoms with Crippen LogP contribution in [0.1, 0.15) is 41.7 Å². The molecule has 0 amide bonds. The third-order valence-electron chi connectivity index (χ3n) is 8.65. The minimum absolute atomic E-state index is 0.104. The van der Waals surface area contributed by atoms with Crippen molar-refractivity contribution in [2.45, 2.75) is 38.0 Å². The van der Waals surface area contributed by atoms with Gasteiger partial charge in [0.15, 0.2) is 0 Å². The van der Waals surface area contributed by atoms with Gasteiger partial charge in [-0.05, 0) is 70.6 Å². The number of pyridine rings is 2. The van der Waals surface area contributed by atoms with Crippen LogP contribution < -0.4 is 24.8 Å². The van der Waals surface area contributed by atoms with Gasteiger partial charge in [0, 0.05) is 29.8 Å². The number of carboxylic acids is 1. The molecule has 1 aliphatic carbocycles. The summed E-state index contributed by atoms with van der Waals surface area (Å²) in [7, 11) is 3.09. The van der Waals surface area contributed by atoms with Gasteiger partial charge in [-0.15, -0.1) is 0 Å². The van der Waals surface area contributed by atoms with Crippen molar-refractivity contribution in [2.24, 2.45) is 4.99 Å². The summed E-state index contributed by atoms with van der Waals surface area (Å²) in [6.07, 6.45) is 1.24. The van der Waals surface area contributed by atoms with E-state index in [1.54, 1.807) is 13.2 Å². The maximum absolute atomic E-state index is 11.6. The number of amidine groups is 1. The van der Waals surface area contributed by atoms with E-state index in [9.17, 15) is 15.0 Å². The van der Waals surface area contributed by atoms with Crippen LogP contribution in [0.3, 0.4) is 0 Å². The van der Waals surface area contributed by atoms with Crippen LogP contribution >= 0.6 is 27.5 Å². The zero-order chi connectivity index (χ0) is 34.0. The van der Waals surface area contributed by atoms with E-state index in [2.05, 4.69) is 48.7 Å². The van der Waals surface area contributed by atoms with Gasteiger partial charge in [0.2, 0.25) is 17.6 Å². The smallest absolute Gasteiger partial charge is 0.326 e. The largest absolute Gasteiger partial charge is 0.481 e. The summed E-state index contributed by atoms with van der Waals surface area (Å²) >= 11 is 10.7. The molecular formula is C35H35BrClN5O6. The highest BCUT2D eigenvalue weighted by Gasteiger charge is 2.33. The van der Waals surface area contributed by atoms with Crippen LogP contribution in [0.15, 0.2) is 64.1 Å². The second-order valence-corrected chi connectivity index (χ2v) is 12.9. The fourth-order valence-corrected chi connectivity index (χ4v) is 6.72. The molecule has 13 heteroatoms. The van der Waals surface area contributed by atoms with Crippen LogP contribution in [0.4, 0.5) is 0 Å². The second kappa shape index (κ2) is 14.1. The Morgan fingerprint density at radius 1 is 1.04 bits per heavy atom. The number of aliphatic hydroxyl groups is 1. The first-order valence-corrected chi connectivity index (χ1v) is 16.6. The van der Waals surface area contributed by atoms with E-state index in [1.807, 2.05) is 36.4 Å². The molecule has 0 spiro atoms. The van der Waals surface area contributed by atoms with Crippen molar-refractivity contribution in [3.05, 3.63) is 86.3 Å². The molecule has 0 saturated heterocycles. The van der Waals surface area contributed by atoms with E-state index in [4.69, 9.17) is 30.8 Å². The number of aliphatic carboxylic acids is 1. The maximum atomic E-state index is 11.6. The fraction of sp³-hybridized carbons (Fsp3) is 0.314. The molecule has 0 bridgehead atoms. The molecule has 4 N–H and O–H groups in total. The van der Waals surface area contributed by atoms with Gasteiger partial charge in [0.25, 0.3) is 0 Å². The van der Waals surface area contributed by atoms with Gasteiger partial charge in [-0.3, -0.25) is 15.1 Å². The minimum atomic E-state index is -1.52. The summed E-state index contributed by atoms with van der Waals surface area (Å²) in [5.74, 6) is 0.726. The molecule has 0 fully saturated rings. The average Bonchev–Trinajstić information content (AvgIpc) is 3.79. The first kappa shape index (κ1) is 33.7. The van der Waals surface area contributed by atoms with Crippen molar-refractivity contribution < 1.29 is 29.2 Å². The Morgan fingerprint density at radius 2 is 1.79 bits per heavy atom. The van der Waals surface area contributed by atoms with Gasteiger partial charge in [0.05, 0.1) is 48.1 Å². The number of rotatable bonds is 12. The molecule has 2 aromatic carbocycles. The first-order chi connectivity index (χ1) is 23.2. The minimum Gasteiger partial charge on any atom is -0.481 e. The summed E-state index contributed by atoms with van der Waals surface area (Å²) < 4.78 is 18.2. The number of nitrogens with zero attached hydrogens (tertiary/aromatic N) is 3. The van der Waals surface area contributed by atoms with Crippen LogP contribution in [-0.2, 0) is 17.8 Å². The third kappa shape index (κ3) is 6.45. The number of aromatic nitrogens is 2. The Labute approximate surface area is 291 Å². The van der Waals surface area contributed by atoms with Crippen molar-refractivity contribution >= 4 is 39.3 Å². The Hall–Kier alpha value is -4.23. The van der Waals surface area contributed by atoms with E-state index in [0.29, 0.717) is 32.5 Å². The first-order valence-electron chi connectivity index (χ1n) is 15.4. The molecule has 48 heavy (non-hydrogen) atoms. The van der Waals surface area contributed by atoms with Gasteiger partial charge in [0.1, 0.15) is 17.5 Å². The summed E-state index contributed by atoms with van der Waals surface area (Å²) in [5, 5.41) is 25.8. The van der Waals surface area contributed by atoms with Crippen molar-refractivity contribution in [1.82, 2.24) is 20.6 Å². The Morgan fingerprint density at radius 3 is 2.50 bits per heavy atom. The number of aliphatic hydroxyl groups excluding tert-OH is 1. The number of ether oxygens (including phenoxy) is 3. The normalized spacial score (nSPS) is 16.5. The number of halogens is 2. The predicted molar refractivity (Wildman–Crippen MR) is 186 cm³/mol. The topological polar surface area (TPSA) is 147 Å². The van der Waals surface area contributed by atoms with Gasteiger partial charge in [-0.1, -0.05) is 48.0 Å². The number of hydrogen-bond donors (Lipinski definition) is 4. The van der Waals surface area contributed by atoms with E-state index in [-0.39, 0.29) is 18.5 Å². The summed E-state index contributed by atoms with van der Waals surface area (Å²) in [6, 6.07) is 17.7. The van der Waals surface area contributed by atoms with E-state index < -0.39 is 18.1 Å². The molecule has 0 radical (unpaired) electrons. The molecule has 3 heterocycles. The number of benzene rings is 2. The number of fused-ring (bicyclic) bond motifs is 1. The summed E-state index contributed by atoms with van der Waals surface area (Å²) in [4.78, 5) is 25.5. The van der Waals surface area contributed by atoms with Crippen LogP contribution in [0.25, 0.3) is 22.4 Å². The third-order valence-corrected chi connectivity index (χ3v) is 9.63. The lowest BCUT2D eigenvalue weighted by atomic mass is 9.94. The standard InChI is InChI=1S/C35H35BrClN5O6/c1-35(18-43,34(44)45)40-17-19-16-26(36)33(42-31(19)46-2)48-28-13-11-21-20(6-4-7-22(21)28)23-8-5-9-24(29(23)37)27-12-10-25(32(41-27)47-3)30-38-14-15-39-30/h4-10,12,16,28,40,43H,11,13-15,17-18H2,1-3H3,(H,38,39)(H,44,45)/t28-,35+/m0/s1. The van der Waals surface area contributed by atoms with Crippen molar-refractivity contribution in [2.75, 3.05) is 33.9 Å². The molecule has 6 rings (SSSR count). The Bertz CT molecular complexity index is 1910. The quantitative estimate of drug-likeness (QED) is 0.145. The van der Waals surface area contributed by atoms with Crippen molar-refractivity contribution in [3.8, 4) is 40.0 Å². The molecule has 250 valence electrons. The highest BCUT2D eigenvalue weighted by atomic mass is 79.9. The molecule has 2 atom stereocenters. The van der Waals surface area contributed by atoms with E-state index >= 15 is 0 Å². The molecule has 1 aliphatic heterocycles. The van der Waals surface area contributed by atoms with Gasteiger partial charge < -0.3 is 29.7 Å². The average molecular weight is 737 g/mol. The molecule has 2 aromatic heterocycles. The van der Waals surface area contributed by atoms with Crippen molar-refractivity contribution in [1.29, 1.82) is 0 Å². The SMILES string of the molecule is COc1nc(O[C@H]2CCc3c(-c4cccc(-c5ccc(C6=NCCN6)c(OC)n5)c4Cl)cccc32)c(Br)cc1CN[C@](C)(CO)C(=O)O. The number of nitrogens with one attached hydrogen (secondary N) is 2. The van der Waals surface area contributed by atoms with Crippen LogP contribution in [-0.4, -0.2) is 71.4 Å². The highest BCUT2D eigenvalue weighted by molar-refractivity contribution is 9.10. The second-order valence-electron chi connectivity index (χ2n) is 11.7. The van der Waals surface area contributed by atoms with Crippen LogP contribution in [0, 0.1) is 0 Å². The number of hydrogen-bond acceptors (Lipinski definition) is 10. The molecule has 4 aromatic rings. The summed E-state index contributed by atoms with van der Waals surface area (Å²) in [6.45, 7) is 2.44. The van der Waals surface area contributed by atoms with Crippen molar-refractivity contribution in [3.63, 3.8) is 0 Å². The number of methoxy groups -OCH3 is 2. The lowest BCUT2D eigenvalue weighted by Gasteiger charge is -2.24. The highest BCUT2D eigenvalue weighted by Crippen LogP contribution is 2.44. The van der Waals surface area contributed by atoms with E-state index in [1.165, 1.54) is 14.0 Å². The van der Waals surface area contributed by atoms with E-state index in [0.717, 1.165) is 65.1 Å². The number of carbonyl (C=O) groups is 1. The Kier molecular flexibility index (Phi) is 9.88. The van der Waals surface area contributed by atoms with Crippen LogP contribution in [0.2, 0.25) is 5.02 Å². The molecule has 11 nitrogen and oxygen atoms in total. The summed E-state index contributed by atoms with van der Waals surface area (Å²) in [5.41, 5.74) is 5.50.